The van der Waals surface area contributed by atoms with Crippen molar-refractivity contribution in [1.29, 1.82) is 0 Å². The van der Waals surface area contributed by atoms with Crippen molar-refractivity contribution in [3.63, 3.8) is 0 Å². The Labute approximate surface area is 219 Å². The molecule has 0 aliphatic carbocycles. The summed E-state index contributed by atoms with van der Waals surface area (Å²) in [7, 11) is 0. The predicted molar refractivity (Wildman–Crippen MR) is 143 cm³/mol. The van der Waals surface area contributed by atoms with Crippen LogP contribution in [-0.4, -0.2) is 30.9 Å². The number of nitrogens with one attached hydrogen (secondary N) is 2. The molecule has 0 saturated carbocycles. The predicted octanol–water partition coefficient (Wildman–Crippen LogP) is 4.75. The Morgan fingerprint density at radius 1 is 1.03 bits per heavy atom. The van der Waals surface area contributed by atoms with Gasteiger partial charge in [-0.1, -0.05) is 45.8 Å². The van der Waals surface area contributed by atoms with Gasteiger partial charge in [0.25, 0.3) is 5.91 Å². The van der Waals surface area contributed by atoms with Crippen LogP contribution in [-0.2, 0) is 20.9 Å². The van der Waals surface area contributed by atoms with Gasteiger partial charge in [-0.2, -0.15) is 0 Å². The molecule has 1 atom stereocenters. The minimum absolute atomic E-state index is 0.0941. The number of benzene rings is 3. The molecule has 3 aromatic rings. The highest BCUT2D eigenvalue weighted by Gasteiger charge is 2.35. The number of hydrogen-bond donors (Lipinski definition) is 2. The molecule has 0 spiro atoms. The highest BCUT2D eigenvalue weighted by Crippen LogP contribution is 2.27. The smallest absolute Gasteiger partial charge is 0.262 e. The Bertz CT molecular complexity index is 1260. The molecular formula is C28H28BrN3O4. The summed E-state index contributed by atoms with van der Waals surface area (Å²) in [6.45, 7) is 4.56. The van der Waals surface area contributed by atoms with Crippen LogP contribution in [0.2, 0.25) is 0 Å². The van der Waals surface area contributed by atoms with Crippen LogP contribution in [0.4, 0.5) is 11.4 Å². The number of nitrogens with zero attached hydrogens (tertiary/aromatic N) is 1. The summed E-state index contributed by atoms with van der Waals surface area (Å²) in [5, 5.41) is 5.77. The number of anilines is 2. The summed E-state index contributed by atoms with van der Waals surface area (Å²) in [6, 6.07) is 20.5. The van der Waals surface area contributed by atoms with E-state index in [0.717, 1.165) is 26.9 Å². The first-order valence-corrected chi connectivity index (χ1v) is 12.5. The quantitative estimate of drug-likeness (QED) is 0.424. The molecule has 1 aliphatic heterocycles. The lowest BCUT2D eigenvalue weighted by Gasteiger charge is -2.17. The van der Waals surface area contributed by atoms with Gasteiger partial charge in [0.15, 0.2) is 6.61 Å². The topological polar surface area (TPSA) is 87.7 Å². The Hall–Kier alpha value is -3.65. The molecule has 8 heteroatoms. The van der Waals surface area contributed by atoms with Crippen molar-refractivity contribution in [3.8, 4) is 5.75 Å². The first-order valence-electron chi connectivity index (χ1n) is 11.7. The fourth-order valence-electron chi connectivity index (χ4n) is 4.00. The molecular weight excluding hydrogens is 522 g/mol. The van der Waals surface area contributed by atoms with Crippen molar-refractivity contribution in [2.24, 2.45) is 5.92 Å². The van der Waals surface area contributed by atoms with Gasteiger partial charge in [-0.05, 0) is 67.4 Å². The normalized spacial score (nSPS) is 15.0. The second kappa shape index (κ2) is 11.4. The van der Waals surface area contributed by atoms with Gasteiger partial charge in [0.1, 0.15) is 5.75 Å². The Morgan fingerprint density at radius 2 is 1.75 bits per heavy atom. The molecule has 1 heterocycles. The average molecular weight is 550 g/mol. The first-order chi connectivity index (χ1) is 17.3. The van der Waals surface area contributed by atoms with Crippen LogP contribution in [0.1, 0.15) is 23.1 Å². The van der Waals surface area contributed by atoms with E-state index >= 15 is 0 Å². The van der Waals surface area contributed by atoms with Gasteiger partial charge >= 0.3 is 0 Å². The molecule has 0 unspecified atom stereocenters. The van der Waals surface area contributed by atoms with E-state index in [1.165, 1.54) is 0 Å². The third-order valence-corrected chi connectivity index (χ3v) is 6.56. The summed E-state index contributed by atoms with van der Waals surface area (Å²) in [5.74, 6) is -0.370. The fourth-order valence-corrected chi connectivity index (χ4v) is 4.47. The number of carbonyl (C=O) groups excluding carboxylic acids is 3. The molecule has 3 amide bonds. The Balaban J connectivity index is 1.27. The van der Waals surface area contributed by atoms with E-state index in [1.54, 1.807) is 29.2 Å². The van der Waals surface area contributed by atoms with Crippen LogP contribution >= 0.6 is 15.9 Å². The van der Waals surface area contributed by atoms with Crippen LogP contribution in [0.25, 0.3) is 0 Å². The van der Waals surface area contributed by atoms with Gasteiger partial charge in [-0.15, -0.1) is 0 Å². The van der Waals surface area contributed by atoms with Crippen molar-refractivity contribution >= 4 is 45.0 Å². The largest absolute Gasteiger partial charge is 0.484 e. The third kappa shape index (κ3) is 6.51. The molecule has 36 heavy (non-hydrogen) atoms. The van der Waals surface area contributed by atoms with Crippen LogP contribution in [0.3, 0.4) is 0 Å². The molecule has 7 nitrogen and oxygen atoms in total. The molecule has 0 radical (unpaired) electrons. The molecule has 4 rings (SSSR count). The molecule has 2 N–H and O–H groups in total. The monoisotopic (exact) mass is 549 g/mol. The third-order valence-electron chi connectivity index (χ3n) is 6.06. The van der Waals surface area contributed by atoms with Gasteiger partial charge in [-0.25, -0.2) is 0 Å². The summed E-state index contributed by atoms with van der Waals surface area (Å²) < 4.78 is 6.54. The van der Waals surface area contributed by atoms with Gasteiger partial charge < -0.3 is 20.3 Å². The van der Waals surface area contributed by atoms with Crippen LogP contribution in [0.15, 0.2) is 71.2 Å². The second-order valence-corrected chi connectivity index (χ2v) is 9.81. The lowest BCUT2D eigenvalue weighted by Crippen LogP contribution is -2.32. The summed E-state index contributed by atoms with van der Waals surface area (Å²) >= 11 is 3.40. The minimum Gasteiger partial charge on any atom is -0.484 e. The molecule has 0 bridgehead atoms. The van der Waals surface area contributed by atoms with Crippen LogP contribution in [0.5, 0.6) is 5.75 Å². The van der Waals surface area contributed by atoms with Crippen molar-refractivity contribution in [2.45, 2.75) is 26.8 Å². The average Bonchev–Trinajstić information content (AvgIpc) is 3.26. The van der Waals surface area contributed by atoms with E-state index in [-0.39, 0.29) is 30.7 Å². The number of carbonyl (C=O) groups is 3. The Morgan fingerprint density at radius 3 is 2.44 bits per heavy atom. The lowest BCUT2D eigenvalue weighted by atomic mass is 10.1. The lowest BCUT2D eigenvalue weighted by molar-refractivity contribution is -0.126. The van der Waals surface area contributed by atoms with E-state index in [9.17, 15) is 14.4 Å². The molecule has 0 aromatic heterocycles. The maximum absolute atomic E-state index is 12.6. The number of aryl methyl sites for hydroxylation is 2. The van der Waals surface area contributed by atoms with Gasteiger partial charge in [-0.3, -0.25) is 14.4 Å². The SMILES string of the molecule is Cc1ccc(CNC(=O)[C@H]2CC(=O)N(c3ccc(OCC(=O)Nc4ccc(Br)cc4C)cc3)C2)cc1. The molecule has 3 aromatic carbocycles. The van der Waals surface area contributed by atoms with Crippen LogP contribution < -0.4 is 20.3 Å². The van der Waals surface area contributed by atoms with Crippen molar-refractivity contribution < 1.29 is 19.1 Å². The second-order valence-electron chi connectivity index (χ2n) is 8.90. The number of amides is 3. The van der Waals surface area contributed by atoms with Crippen molar-refractivity contribution in [3.05, 3.63) is 87.9 Å². The zero-order valence-corrected chi connectivity index (χ0v) is 21.8. The highest BCUT2D eigenvalue weighted by atomic mass is 79.9. The van der Waals surface area contributed by atoms with Gasteiger partial charge in [0, 0.05) is 35.4 Å². The van der Waals surface area contributed by atoms with E-state index in [0.29, 0.717) is 24.5 Å². The molecule has 1 saturated heterocycles. The van der Waals surface area contributed by atoms with E-state index < -0.39 is 5.92 Å². The fraction of sp³-hybridized carbons (Fsp3) is 0.250. The maximum atomic E-state index is 12.6. The summed E-state index contributed by atoms with van der Waals surface area (Å²) in [4.78, 5) is 39.1. The first kappa shape index (κ1) is 25.4. The Kier molecular flexibility index (Phi) is 8.05. The number of halogens is 1. The van der Waals surface area contributed by atoms with E-state index in [4.69, 9.17) is 4.74 Å². The number of ether oxygens (including phenoxy) is 1. The standard InChI is InChI=1S/C28H28BrN3O4/c1-18-3-5-20(6-4-18)15-30-28(35)21-14-27(34)32(16-21)23-8-10-24(11-9-23)36-17-26(33)31-25-12-7-22(29)13-19(25)2/h3-13,21H,14-17H2,1-2H3,(H,30,35)(H,31,33)/t21-/m0/s1. The molecule has 186 valence electrons. The summed E-state index contributed by atoms with van der Waals surface area (Å²) in [5.41, 5.74) is 4.55. The van der Waals surface area contributed by atoms with Crippen molar-refractivity contribution in [1.82, 2.24) is 5.32 Å². The zero-order valence-electron chi connectivity index (χ0n) is 20.2. The molecule has 1 aliphatic rings. The van der Waals surface area contributed by atoms with E-state index in [1.807, 2.05) is 56.3 Å². The molecule has 1 fully saturated rings. The van der Waals surface area contributed by atoms with Crippen LogP contribution in [0, 0.1) is 19.8 Å². The van der Waals surface area contributed by atoms with Gasteiger partial charge in [0.2, 0.25) is 11.8 Å². The van der Waals surface area contributed by atoms with Gasteiger partial charge in [0.05, 0.1) is 5.92 Å². The zero-order chi connectivity index (χ0) is 25.7. The summed E-state index contributed by atoms with van der Waals surface area (Å²) in [6.07, 6.45) is 0.174. The van der Waals surface area contributed by atoms with E-state index in [2.05, 4.69) is 26.6 Å². The number of rotatable bonds is 8. The highest BCUT2D eigenvalue weighted by molar-refractivity contribution is 9.10. The van der Waals surface area contributed by atoms with Crippen molar-refractivity contribution in [2.75, 3.05) is 23.4 Å². The minimum atomic E-state index is -0.398. The maximum Gasteiger partial charge on any atom is 0.262 e. The number of hydrogen-bond acceptors (Lipinski definition) is 4.